The first-order valence-electron chi connectivity index (χ1n) is 10.0. The molecular weight excluding hydrogens is 430 g/mol. The Kier molecular flexibility index (Phi) is 6.28. The summed E-state index contributed by atoms with van der Waals surface area (Å²) in [5.41, 5.74) is 2.51. The molecule has 0 saturated carbocycles. The van der Waals surface area contributed by atoms with Crippen molar-refractivity contribution in [1.29, 1.82) is 0 Å². The lowest BCUT2D eigenvalue weighted by Gasteiger charge is -2.12. The molecule has 1 amide bonds. The van der Waals surface area contributed by atoms with E-state index in [4.69, 9.17) is 4.98 Å². The van der Waals surface area contributed by atoms with Crippen LogP contribution in [0.15, 0.2) is 42.1 Å². The third kappa shape index (κ3) is 4.31. The fraction of sp³-hybridized carbons (Fsp3) is 0.333. The average molecular weight is 454 g/mol. The summed E-state index contributed by atoms with van der Waals surface area (Å²) < 4.78 is 2.06. The lowest BCUT2D eigenvalue weighted by Crippen LogP contribution is -2.24. The van der Waals surface area contributed by atoms with Gasteiger partial charge in [-0.15, -0.1) is 27.0 Å². The third-order valence-electron chi connectivity index (χ3n) is 4.74. The summed E-state index contributed by atoms with van der Waals surface area (Å²) in [5, 5.41) is 22.3. The van der Waals surface area contributed by atoms with Crippen LogP contribution in [-0.2, 0) is 11.3 Å². The topological polar surface area (TPSA) is 98.5 Å². The Morgan fingerprint density at radius 3 is 2.77 bits per heavy atom. The van der Waals surface area contributed by atoms with Gasteiger partial charge in [-0.1, -0.05) is 68.1 Å². The van der Waals surface area contributed by atoms with Gasteiger partial charge in [0.05, 0.1) is 10.8 Å². The fourth-order valence-corrected chi connectivity index (χ4v) is 4.77. The predicted molar refractivity (Wildman–Crippen MR) is 126 cm³/mol. The van der Waals surface area contributed by atoms with Crippen LogP contribution >= 0.6 is 23.1 Å². The van der Waals surface area contributed by atoms with Crippen molar-refractivity contribution in [3.63, 3.8) is 0 Å². The van der Waals surface area contributed by atoms with Crippen molar-refractivity contribution < 1.29 is 4.79 Å². The average Bonchev–Trinajstić information content (AvgIpc) is 3.35. The van der Waals surface area contributed by atoms with Gasteiger partial charge in [0.2, 0.25) is 16.2 Å². The van der Waals surface area contributed by atoms with Crippen LogP contribution in [0.25, 0.3) is 22.1 Å². The lowest BCUT2D eigenvalue weighted by atomic mass is 10.2. The number of para-hydroxylation sites is 1. The second kappa shape index (κ2) is 9.11. The van der Waals surface area contributed by atoms with Crippen LogP contribution in [0.1, 0.15) is 38.1 Å². The second-order valence-corrected chi connectivity index (χ2v) is 9.47. The van der Waals surface area contributed by atoms with E-state index in [0.717, 1.165) is 27.1 Å². The number of rotatable bonds is 8. The summed E-state index contributed by atoms with van der Waals surface area (Å²) in [7, 11) is 0. The first-order valence-corrected chi connectivity index (χ1v) is 11.7. The SMILES string of the molecule is C=CCn1c2ccccc2c2nnc(SC(CC)C(=O)Nc3nnc(C(C)C)s3)nc21. The predicted octanol–water partition coefficient (Wildman–Crippen LogP) is 4.65. The zero-order valence-electron chi connectivity index (χ0n) is 17.6. The van der Waals surface area contributed by atoms with Crippen molar-refractivity contribution in [2.75, 3.05) is 5.32 Å². The van der Waals surface area contributed by atoms with Crippen LogP contribution < -0.4 is 5.32 Å². The van der Waals surface area contributed by atoms with Crippen LogP contribution in [0.4, 0.5) is 5.13 Å². The zero-order chi connectivity index (χ0) is 22.0. The number of carbonyl (C=O) groups is 1. The molecule has 3 aromatic heterocycles. The van der Waals surface area contributed by atoms with Crippen LogP contribution in [0.2, 0.25) is 0 Å². The van der Waals surface area contributed by atoms with Crippen LogP contribution in [-0.4, -0.2) is 41.1 Å². The van der Waals surface area contributed by atoms with Crippen LogP contribution in [0.3, 0.4) is 0 Å². The molecule has 0 saturated heterocycles. The van der Waals surface area contributed by atoms with E-state index >= 15 is 0 Å². The van der Waals surface area contributed by atoms with Crippen LogP contribution in [0.5, 0.6) is 0 Å². The van der Waals surface area contributed by atoms with Gasteiger partial charge in [-0.2, -0.15) is 0 Å². The minimum atomic E-state index is -0.372. The zero-order valence-corrected chi connectivity index (χ0v) is 19.2. The van der Waals surface area contributed by atoms with E-state index in [2.05, 4.69) is 36.9 Å². The van der Waals surface area contributed by atoms with Gasteiger partial charge in [-0.25, -0.2) is 4.98 Å². The summed E-state index contributed by atoms with van der Waals surface area (Å²) >= 11 is 2.70. The Bertz CT molecular complexity index is 1250. The Morgan fingerprint density at radius 2 is 2.06 bits per heavy atom. The number of hydrogen-bond donors (Lipinski definition) is 1. The van der Waals surface area contributed by atoms with Crippen molar-refractivity contribution in [3.8, 4) is 0 Å². The lowest BCUT2D eigenvalue weighted by molar-refractivity contribution is -0.115. The number of amides is 1. The first kappa shape index (κ1) is 21.4. The molecule has 1 N–H and O–H groups in total. The minimum absolute atomic E-state index is 0.144. The highest BCUT2D eigenvalue weighted by atomic mass is 32.2. The van der Waals surface area contributed by atoms with E-state index in [1.54, 1.807) is 0 Å². The molecule has 0 bridgehead atoms. The Morgan fingerprint density at radius 1 is 1.26 bits per heavy atom. The number of allylic oxidation sites excluding steroid dienone is 1. The maximum absolute atomic E-state index is 12.8. The summed E-state index contributed by atoms with van der Waals surface area (Å²) in [4.78, 5) is 17.5. The Hall–Kier alpha value is -2.85. The monoisotopic (exact) mass is 453 g/mol. The first-order chi connectivity index (χ1) is 15.0. The van der Waals surface area contributed by atoms with E-state index in [1.165, 1.54) is 23.1 Å². The second-order valence-electron chi connectivity index (χ2n) is 7.29. The van der Waals surface area contributed by atoms with Gasteiger partial charge in [-0.3, -0.25) is 10.1 Å². The van der Waals surface area contributed by atoms with Crippen molar-refractivity contribution >= 4 is 56.2 Å². The summed E-state index contributed by atoms with van der Waals surface area (Å²) in [6, 6.07) is 8.00. The highest BCUT2D eigenvalue weighted by Gasteiger charge is 2.23. The Labute approximate surface area is 188 Å². The number of carbonyl (C=O) groups excluding carboxylic acids is 1. The number of nitrogens with zero attached hydrogens (tertiary/aromatic N) is 6. The molecule has 8 nitrogen and oxygen atoms in total. The van der Waals surface area contributed by atoms with Gasteiger partial charge in [0, 0.05) is 17.8 Å². The van der Waals surface area contributed by atoms with E-state index in [-0.39, 0.29) is 17.1 Å². The van der Waals surface area contributed by atoms with Gasteiger partial charge in [0.15, 0.2) is 5.65 Å². The van der Waals surface area contributed by atoms with Crippen LogP contribution in [0, 0.1) is 0 Å². The number of thioether (sulfide) groups is 1. The number of anilines is 1. The molecule has 4 rings (SSSR count). The highest BCUT2D eigenvalue weighted by Crippen LogP contribution is 2.30. The molecule has 0 aliphatic carbocycles. The van der Waals surface area contributed by atoms with Gasteiger partial charge in [0.25, 0.3) is 0 Å². The fourth-order valence-electron chi connectivity index (χ4n) is 3.21. The molecule has 0 aliphatic rings. The number of hydrogen-bond acceptors (Lipinski definition) is 8. The number of nitrogens with one attached hydrogen (secondary N) is 1. The molecule has 4 aromatic rings. The molecule has 0 spiro atoms. The molecule has 31 heavy (non-hydrogen) atoms. The highest BCUT2D eigenvalue weighted by molar-refractivity contribution is 8.00. The molecular formula is C21H23N7OS2. The summed E-state index contributed by atoms with van der Waals surface area (Å²) in [6.07, 6.45) is 2.44. The van der Waals surface area contributed by atoms with Gasteiger partial charge >= 0.3 is 0 Å². The molecule has 0 aliphatic heterocycles. The van der Waals surface area contributed by atoms with Gasteiger partial charge < -0.3 is 4.57 Å². The minimum Gasteiger partial charge on any atom is -0.320 e. The standard InChI is InChI=1S/C21H23N7OS2/c1-5-11-28-14-10-8-7-9-13(14)16-17(28)22-20(26-24-16)30-15(6-2)18(29)23-21-27-25-19(31-21)12(3)4/h5,7-10,12,15H,1,6,11H2,2-4H3,(H,23,27,29). The summed E-state index contributed by atoms with van der Waals surface area (Å²) in [5.74, 6) is 0.127. The molecule has 0 radical (unpaired) electrons. The number of fused-ring (bicyclic) bond motifs is 3. The maximum atomic E-state index is 12.8. The molecule has 3 heterocycles. The molecule has 1 unspecified atom stereocenters. The van der Waals surface area contributed by atoms with E-state index < -0.39 is 0 Å². The van der Waals surface area contributed by atoms with Crippen molar-refractivity contribution in [3.05, 3.63) is 41.9 Å². The maximum Gasteiger partial charge on any atom is 0.239 e. The smallest absolute Gasteiger partial charge is 0.239 e. The molecule has 1 atom stereocenters. The molecule has 160 valence electrons. The van der Waals surface area contributed by atoms with Gasteiger partial charge in [-0.05, 0) is 12.5 Å². The van der Waals surface area contributed by atoms with Crippen molar-refractivity contribution in [2.45, 2.75) is 50.1 Å². The summed E-state index contributed by atoms with van der Waals surface area (Å²) in [6.45, 7) is 10.5. The molecule has 10 heteroatoms. The quantitative estimate of drug-likeness (QED) is 0.306. The van der Waals surface area contributed by atoms with Gasteiger partial charge in [0.1, 0.15) is 10.5 Å². The van der Waals surface area contributed by atoms with E-state index in [9.17, 15) is 4.79 Å². The van der Waals surface area contributed by atoms with E-state index in [0.29, 0.717) is 23.3 Å². The van der Waals surface area contributed by atoms with Crippen molar-refractivity contribution in [2.24, 2.45) is 0 Å². The number of benzene rings is 1. The third-order valence-corrected chi connectivity index (χ3v) is 7.10. The largest absolute Gasteiger partial charge is 0.320 e. The normalized spacial score (nSPS) is 12.5. The Balaban J connectivity index is 1.60. The van der Waals surface area contributed by atoms with E-state index in [1.807, 2.05) is 51.1 Å². The number of aromatic nitrogens is 6. The molecule has 1 aromatic carbocycles. The molecule has 0 fully saturated rings. The van der Waals surface area contributed by atoms with Crippen molar-refractivity contribution in [1.82, 2.24) is 29.9 Å².